The predicted octanol–water partition coefficient (Wildman–Crippen LogP) is 2.02. The summed E-state index contributed by atoms with van der Waals surface area (Å²) in [7, 11) is 1.75. The summed E-state index contributed by atoms with van der Waals surface area (Å²) in [4.78, 5) is 13.7. The van der Waals surface area contributed by atoms with Crippen LogP contribution >= 0.6 is 0 Å². The molecule has 2 heterocycles. The second kappa shape index (κ2) is 5.16. The summed E-state index contributed by atoms with van der Waals surface area (Å²) in [6.45, 7) is 6.83. The quantitative estimate of drug-likeness (QED) is 0.786. The summed E-state index contributed by atoms with van der Waals surface area (Å²) in [6, 6.07) is 3.89. The standard InChI is InChI=1S/C14H20N4O2/c1-14(2,3)20-13(19)18-6-5-10(9-18)12-7-11(8-15)17(4)16-12/h7,10H,5-6,9H2,1-4H3. The normalized spacial score (nSPS) is 18.9. The molecule has 0 aromatic carbocycles. The van der Waals surface area contributed by atoms with E-state index in [1.807, 2.05) is 20.8 Å². The van der Waals surface area contributed by atoms with Crippen molar-refractivity contribution < 1.29 is 9.53 Å². The first kappa shape index (κ1) is 14.4. The summed E-state index contributed by atoms with van der Waals surface area (Å²) >= 11 is 0. The number of aromatic nitrogens is 2. The van der Waals surface area contributed by atoms with Gasteiger partial charge in [0.15, 0.2) is 0 Å². The molecule has 20 heavy (non-hydrogen) atoms. The SMILES string of the molecule is Cn1nc(C2CCN(C(=O)OC(C)(C)C)C2)cc1C#N. The lowest BCUT2D eigenvalue weighted by atomic mass is 10.1. The highest BCUT2D eigenvalue weighted by atomic mass is 16.6. The highest BCUT2D eigenvalue weighted by molar-refractivity contribution is 5.68. The van der Waals surface area contributed by atoms with E-state index in [0.717, 1.165) is 12.1 Å². The fourth-order valence-electron chi connectivity index (χ4n) is 2.29. The number of nitriles is 1. The van der Waals surface area contributed by atoms with E-state index in [9.17, 15) is 4.79 Å². The van der Waals surface area contributed by atoms with Crippen molar-refractivity contribution in [1.82, 2.24) is 14.7 Å². The Morgan fingerprint density at radius 3 is 2.80 bits per heavy atom. The molecule has 1 unspecified atom stereocenters. The third-order valence-corrected chi connectivity index (χ3v) is 3.27. The third-order valence-electron chi connectivity index (χ3n) is 3.27. The maximum absolute atomic E-state index is 12.0. The Morgan fingerprint density at radius 1 is 1.55 bits per heavy atom. The number of amides is 1. The van der Waals surface area contributed by atoms with Crippen molar-refractivity contribution in [3.05, 3.63) is 17.5 Å². The van der Waals surface area contributed by atoms with Crippen LogP contribution in [0, 0.1) is 11.3 Å². The number of nitrogens with zero attached hydrogens (tertiary/aromatic N) is 4. The molecule has 1 atom stereocenters. The van der Waals surface area contributed by atoms with Gasteiger partial charge in [-0.15, -0.1) is 0 Å². The lowest BCUT2D eigenvalue weighted by molar-refractivity contribution is 0.0292. The van der Waals surface area contributed by atoms with Crippen LogP contribution in [0.4, 0.5) is 4.79 Å². The molecule has 0 aliphatic carbocycles. The molecule has 1 aliphatic rings. The molecule has 1 aromatic rings. The van der Waals surface area contributed by atoms with Crippen LogP contribution in [0.15, 0.2) is 6.07 Å². The molecule has 1 aliphatic heterocycles. The van der Waals surface area contributed by atoms with E-state index >= 15 is 0 Å². The monoisotopic (exact) mass is 276 g/mol. The van der Waals surface area contributed by atoms with Gasteiger partial charge in [0.25, 0.3) is 0 Å². The molecule has 0 saturated carbocycles. The van der Waals surface area contributed by atoms with Crippen molar-refractivity contribution >= 4 is 6.09 Å². The molecular weight excluding hydrogens is 256 g/mol. The molecule has 108 valence electrons. The molecule has 0 spiro atoms. The first-order valence-electron chi connectivity index (χ1n) is 6.72. The fourth-order valence-corrected chi connectivity index (χ4v) is 2.29. The van der Waals surface area contributed by atoms with Gasteiger partial charge >= 0.3 is 6.09 Å². The fraction of sp³-hybridized carbons (Fsp3) is 0.643. The lowest BCUT2D eigenvalue weighted by Gasteiger charge is -2.24. The Kier molecular flexibility index (Phi) is 3.71. The Hall–Kier alpha value is -2.03. The van der Waals surface area contributed by atoms with Crippen LogP contribution in [-0.4, -0.2) is 39.5 Å². The maximum atomic E-state index is 12.0. The number of aryl methyl sites for hydroxylation is 1. The number of carbonyl (C=O) groups is 1. The van der Waals surface area contributed by atoms with Crippen molar-refractivity contribution in [3.63, 3.8) is 0 Å². The molecule has 0 bridgehead atoms. The molecule has 0 radical (unpaired) electrons. The van der Waals surface area contributed by atoms with E-state index in [1.54, 1.807) is 22.7 Å². The van der Waals surface area contributed by atoms with E-state index in [0.29, 0.717) is 18.8 Å². The summed E-state index contributed by atoms with van der Waals surface area (Å²) in [5.41, 5.74) is 0.930. The minimum atomic E-state index is -0.478. The topological polar surface area (TPSA) is 71.2 Å². The van der Waals surface area contributed by atoms with E-state index < -0.39 is 5.60 Å². The van der Waals surface area contributed by atoms with Crippen LogP contribution in [0.2, 0.25) is 0 Å². The maximum Gasteiger partial charge on any atom is 0.410 e. The number of ether oxygens (including phenoxy) is 1. The summed E-state index contributed by atoms with van der Waals surface area (Å²) < 4.78 is 6.94. The van der Waals surface area contributed by atoms with Crippen molar-refractivity contribution in [3.8, 4) is 6.07 Å². The summed E-state index contributed by atoms with van der Waals surface area (Å²) in [6.07, 6.45) is 0.567. The van der Waals surface area contributed by atoms with Gasteiger partial charge in [0.2, 0.25) is 0 Å². The van der Waals surface area contributed by atoms with Crippen molar-refractivity contribution in [2.75, 3.05) is 13.1 Å². The number of likely N-dealkylation sites (tertiary alicyclic amines) is 1. The first-order valence-corrected chi connectivity index (χ1v) is 6.72. The zero-order valence-electron chi connectivity index (χ0n) is 12.4. The molecule has 1 aromatic heterocycles. The highest BCUT2D eigenvalue weighted by Gasteiger charge is 2.31. The zero-order chi connectivity index (χ0) is 14.9. The molecule has 2 rings (SSSR count). The van der Waals surface area contributed by atoms with Crippen LogP contribution in [0.1, 0.15) is 44.5 Å². The molecular formula is C14H20N4O2. The number of hydrogen-bond acceptors (Lipinski definition) is 4. The second-order valence-corrected chi connectivity index (χ2v) is 6.10. The van der Waals surface area contributed by atoms with Gasteiger partial charge in [-0.05, 0) is 33.3 Å². The van der Waals surface area contributed by atoms with Crippen LogP contribution in [-0.2, 0) is 11.8 Å². The van der Waals surface area contributed by atoms with Gasteiger partial charge < -0.3 is 9.64 Å². The van der Waals surface area contributed by atoms with Crippen LogP contribution in [0.3, 0.4) is 0 Å². The van der Waals surface area contributed by atoms with Gasteiger partial charge in [0, 0.05) is 26.1 Å². The van der Waals surface area contributed by atoms with E-state index in [-0.39, 0.29) is 12.0 Å². The zero-order valence-corrected chi connectivity index (χ0v) is 12.4. The number of carbonyl (C=O) groups excluding carboxylic acids is 1. The molecule has 0 N–H and O–H groups in total. The smallest absolute Gasteiger partial charge is 0.410 e. The van der Waals surface area contributed by atoms with Gasteiger partial charge in [-0.1, -0.05) is 0 Å². The average Bonchev–Trinajstić information content (AvgIpc) is 2.92. The Morgan fingerprint density at radius 2 is 2.25 bits per heavy atom. The Labute approximate surface area is 118 Å². The minimum absolute atomic E-state index is 0.177. The molecule has 6 nitrogen and oxygen atoms in total. The van der Waals surface area contributed by atoms with Crippen LogP contribution < -0.4 is 0 Å². The van der Waals surface area contributed by atoms with Gasteiger partial charge in [0.1, 0.15) is 17.4 Å². The second-order valence-electron chi connectivity index (χ2n) is 6.10. The van der Waals surface area contributed by atoms with E-state index in [1.165, 1.54) is 0 Å². The largest absolute Gasteiger partial charge is 0.444 e. The van der Waals surface area contributed by atoms with Crippen LogP contribution in [0.5, 0.6) is 0 Å². The number of hydrogen-bond donors (Lipinski definition) is 0. The lowest BCUT2D eigenvalue weighted by Crippen LogP contribution is -2.35. The van der Waals surface area contributed by atoms with Gasteiger partial charge in [-0.3, -0.25) is 4.68 Å². The third kappa shape index (κ3) is 3.10. The van der Waals surface area contributed by atoms with Gasteiger partial charge in [-0.2, -0.15) is 10.4 Å². The van der Waals surface area contributed by atoms with Gasteiger partial charge in [0.05, 0.1) is 5.69 Å². The summed E-state index contributed by atoms with van der Waals surface area (Å²) in [5, 5.41) is 13.3. The van der Waals surface area contributed by atoms with Crippen molar-refractivity contribution in [1.29, 1.82) is 5.26 Å². The molecule has 1 fully saturated rings. The average molecular weight is 276 g/mol. The minimum Gasteiger partial charge on any atom is -0.444 e. The Bertz CT molecular complexity index is 551. The molecule has 1 saturated heterocycles. The highest BCUT2D eigenvalue weighted by Crippen LogP contribution is 2.27. The van der Waals surface area contributed by atoms with Crippen molar-refractivity contribution in [2.24, 2.45) is 7.05 Å². The van der Waals surface area contributed by atoms with E-state index in [2.05, 4.69) is 11.2 Å². The first-order chi connectivity index (χ1) is 9.30. The summed E-state index contributed by atoms with van der Waals surface area (Å²) in [5.74, 6) is 0.177. The molecule has 1 amide bonds. The van der Waals surface area contributed by atoms with Gasteiger partial charge in [-0.25, -0.2) is 4.79 Å². The predicted molar refractivity (Wildman–Crippen MR) is 73.1 cm³/mol. The molecule has 6 heteroatoms. The number of rotatable bonds is 1. The van der Waals surface area contributed by atoms with E-state index in [4.69, 9.17) is 10.00 Å². The Balaban J connectivity index is 2.02. The van der Waals surface area contributed by atoms with Crippen LogP contribution in [0.25, 0.3) is 0 Å². The van der Waals surface area contributed by atoms with Crippen molar-refractivity contribution in [2.45, 2.75) is 38.7 Å².